The molecule has 0 unspecified atom stereocenters. The van der Waals surface area contributed by atoms with E-state index < -0.39 is 12.0 Å². The first-order valence-corrected chi connectivity index (χ1v) is 12.8. The van der Waals surface area contributed by atoms with Crippen molar-refractivity contribution in [3.63, 3.8) is 0 Å². The van der Waals surface area contributed by atoms with Crippen molar-refractivity contribution in [2.75, 3.05) is 20.8 Å². The standard InChI is InChI=1S/C29H25N3O5S/c1-4-37-28(34)24-25(19-10-6-5-7-11-19)31-29-32(26(24)20-12-13-21(35-2)22(16-20)36-3)27(33)23(38-29)15-18-9-8-14-30-17-18/h5-17,26H,4H2,1-3H3/t26-/m1/s1. The number of benzene rings is 2. The Morgan fingerprint density at radius 3 is 2.53 bits per heavy atom. The van der Waals surface area contributed by atoms with E-state index in [1.165, 1.54) is 11.3 Å². The molecule has 192 valence electrons. The van der Waals surface area contributed by atoms with Gasteiger partial charge in [0.05, 0.1) is 42.7 Å². The summed E-state index contributed by atoms with van der Waals surface area (Å²) < 4.78 is 18.5. The van der Waals surface area contributed by atoms with E-state index in [2.05, 4.69) is 4.98 Å². The van der Waals surface area contributed by atoms with E-state index in [-0.39, 0.29) is 17.7 Å². The maximum atomic E-state index is 13.9. The molecule has 0 bridgehead atoms. The van der Waals surface area contributed by atoms with E-state index in [4.69, 9.17) is 19.2 Å². The van der Waals surface area contributed by atoms with Crippen LogP contribution in [0.5, 0.6) is 11.5 Å². The molecule has 0 fully saturated rings. The molecule has 9 heteroatoms. The van der Waals surface area contributed by atoms with Gasteiger partial charge in [-0.25, -0.2) is 9.79 Å². The minimum atomic E-state index is -0.809. The second-order valence-corrected chi connectivity index (χ2v) is 9.34. The maximum Gasteiger partial charge on any atom is 0.338 e. The molecule has 5 rings (SSSR count). The number of thiazole rings is 1. The van der Waals surface area contributed by atoms with Crippen molar-refractivity contribution in [3.05, 3.63) is 115 Å². The SMILES string of the molecule is CCOC(=O)C1=C(c2ccccc2)N=c2sc(=Cc3cccnc3)c(=O)n2[C@@H]1c1ccc(OC)c(OC)c1. The molecular formula is C29H25N3O5S. The molecule has 1 atom stereocenters. The van der Waals surface area contributed by atoms with Crippen LogP contribution in [0.1, 0.15) is 29.7 Å². The van der Waals surface area contributed by atoms with E-state index in [1.807, 2.05) is 48.5 Å². The summed E-state index contributed by atoms with van der Waals surface area (Å²) in [5, 5.41) is 0. The fourth-order valence-electron chi connectivity index (χ4n) is 4.39. The zero-order valence-electron chi connectivity index (χ0n) is 21.1. The lowest BCUT2D eigenvalue weighted by molar-refractivity contribution is -0.138. The van der Waals surface area contributed by atoms with Crippen molar-refractivity contribution >= 4 is 29.1 Å². The van der Waals surface area contributed by atoms with Gasteiger partial charge in [-0.05, 0) is 42.3 Å². The van der Waals surface area contributed by atoms with Gasteiger partial charge in [0, 0.05) is 18.0 Å². The Morgan fingerprint density at radius 2 is 1.84 bits per heavy atom. The topological polar surface area (TPSA) is 92.0 Å². The smallest absolute Gasteiger partial charge is 0.338 e. The number of esters is 1. The molecule has 38 heavy (non-hydrogen) atoms. The molecule has 2 aromatic heterocycles. The highest BCUT2D eigenvalue weighted by atomic mass is 32.1. The summed E-state index contributed by atoms with van der Waals surface area (Å²) in [4.78, 5) is 36.9. The monoisotopic (exact) mass is 527 g/mol. The van der Waals surface area contributed by atoms with Crippen molar-refractivity contribution in [1.82, 2.24) is 9.55 Å². The molecule has 2 aromatic carbocycles. The zero-order valence-corrected chi connectivity index (χ0v) is 21.9. The van der Waals surface area contributed by atoms with E-state index in [1.54, 1.807) is 56.3 Å². The van der Waals surface area contributed by atoms with Gasteiger partial charge in [-0.1, -0.05) is 53.8 Å². The van der Waals surface area contributed by atoms with Crippen LogP contribution in [-0.2, 0) is 9.53 Å². The van der Waals surface area contributed by atoms with Crippen LogP contribution in [0.3, 0.4) is 0 Å². The Bertz CT molecular complexity index is 1690. The predicted molar refractivity (Wildman–Crippen MR) is 145 cm³/mol. The Morgan fingerprint density at radius 1 is 1.05 bits per heavy atom. The molecule has 3 heterocycles. The number of hydrogen-bond donors (Lipinski definition) is 0. The number of methoxy groups -OCH3 is 2. The number of rotatable bonds is 7. The number of fused-ring (bicyclic) bond motifs is 1. The Kier molecular flexibility index (Phi) is 7.19. The van der Waals surface area contributed by atoms with Gasteiger partial charge in [0.1, 0.15) is 0 Å². The van der Waals surface area contributed by atoms with Crippen LogP contribution < -0.4 is 24.4 Å². The molecule has 0 saturated heterocycles. The van der Waals surface area contributed by atoms with Crippen molar-refractivity contribution in [1.29, 1.82) is 0 Å². The Hall–Kier alpha value is -4.50. The summed E-state index contributed by atoms with van der Waals surface area (Å²) >= 11 is 1.26. The molecule has 0 N–H and O–H groups in total. The van der Waals surface area contributed by atoms with Crippen LogP contribution >= 0.6 is 11.3 Å². The van der Waals surface area contributed by atoms with Gasteiger partial charge in [0.25, 0.3) is 5.56 Å². The maximum absolute atomic E-state index is 13.9. The Labute approximate surface area is 222 Å². The minimum absolute atomic E-state index is 0.175. The van der Waals surface area contributed by atoms with E-state index >= 15 is 0 Å². The zero-order chi connectivity index (χ0) is 26.6. The second kappa shape index (κ2) is 10.9. The van der Waals surface area contributed by atoms with E-state index in [0.29, 0.717) is 32.1 Å². The van der Waals surface area contributed by atoms with Crippen molar-refractivity contribution in [2.24, 2.45) is 4.99 Å². The molecule has 1 aliphatic heterocycles. The van der Waals surface area contributed by atoms with Gasteiger partial charge in [0.15, 0.2) is 16.3 Å². The first-order valence-electron chi connectivity index (χ1n) is 12.0. The summed E-state index contributed by atoms with van der Waals surface area (Å²) in [5.41, 5.74) is 2.64. The van der Waals surface area contributed by atoms with Crippen molar-refractivity contribution < 1.29 is 19.0 Å². The number of aromatic nitrogens is 2. The molecule has 1 aliphatic rings. The highest BCUT2D eigenvalue weighted by Crippen LogP contribution is 2.38. The molecule has 4 aromatic rings. The summed E-state index contributed by atoms with van der Waals surface area (Å²) in [6.07, 6.45) is 5.13. The highest BCUT2D eigenvalue weighted by molar-refractivity contribution is 7.07. The number of nitrogens with zero attached hydrogens (tertiary/aromatic N) is 3. The van der Waals surface area contributed by atoms with Gasteiger partial charge in [-0.3, -0.25) is 14.3 Å². The lowest BCUT2D eigenvalue weighted by atomic mass is 9.93. The lowest BCUT2D eigenvalue weighted by Crippen LogP contribution is -2.40. The van der Waals surface area contributed by atoms with Crippen molar-refractivity contribution in [2.45, 2.75) is 13.0 Å². The lowest BCUT2D eigenvalue weighted by Gasteiger charge is -2.26. The van der Waals surface area contributed by atoms with E-state index in [9.17, 15) is 9.59 Å². The molecule has 0 radical (unpaired) electrons. The fourth-order valence-corrected chi connectivity index (χ4v) is 5.39. The third-order valence-electron chi connectivity index (χ3n) is 6.08. The number of hydrogen-bond acceptors (Lipinski definition) is 8. The van der Waals surface area contributed by atoms with Crippen LogP contribution in [0.4, 0.5) is 0 Å². The normalized spacial score (nSPS) is 15.0. The number of pyridine rings is 1. The first-order chi connectivity index (χ1) is 18.5. The largest absolute Gasteiger partial charge is 0.493 e. The second-order valence-electron chi connectivity index (χ2n) is 8.33. The first kappa shape index (κ1) is 25.2. The molecule has 0 aliphatic carbocycles. The average molecular weight is 528 g/mol. The van der Waals surface area contributed by atoms with Gasteiger partial charge >= 0.3 is 5.97 Å². The van der Waals surface area contributed by atoms with Crippen LogP contribution in [0.2, 0.25) is 0 Å². The average Bonchev–Trinajstić information content (AvgIpc) is 3.27. The quantitative estimate of drug-likeness (QED) is 0.343. The molecule has 0 spiro atoms. The Balaban J connectivity index is 1.85. The third kappa shape index (κ3) is 4.64. The summed E-state index contributed by atoms with van der Waals surface area (Å²) in [6, 6.07) is 17.6. The summed E-state index contributed by atoms with van der Waals surface area (Å²) in [5.74, 6) is 0.463. The van der Waals surface area contributed by atoms with Gasteiger partial charge < -0.3 is 14.2 Å². The van der Waals surface area contributed by atoms with Crippen LogP contribution in [0.25, 0.3) is 11.8 Å². The van der Waals surface area contributed by atoms with Crippen molar-refractivity contribution in [3.8, 4) is 11.5 Å². The summed E-state index contributed by atoms with van der Waals surface area (Å²) in [6.45, 7) is 1.92. The number of carbonyl (C=O) groups is 1. The van der Waals surface area contributed by atoms with Gasteiger partial charge in [-0.15, -0.1) is 0 Å². The molecular weight excluding hydrogens is 502 g/mol. The third-order valence-corrected chi connectivity index (χ3v) is 7.06. The molecule has 8 nitrogen and oxygen atoms in total. The molecule has 0 saturated carbocycles. The fraction of sp³-hybridized carbons (Fsp3) is 0.172. The number of carbonyl (C=O) groups excluding carboxylic acids is 1. The highest BCUT2D eigenvalue weighted by Gasteiger charge is 2.35. The van der Waals surface area contributed by atoms with Crippen LogP contribution in [0, 0.1) is 0 Å². The van der Waals surface area contributed by atoms with E-state index in [0.717, 1.165) is 11.1 Å². The minimum Gasteiger partial charge on any atom is -0.493 e. The predicted octanol–water partition coefficient (Wildman–Crippen LogP) is 3.35. The summed E-state index contributed by atoms with van der Waals surface area (Å²) in [7, 11) is 3.09. The van der Waals surface area contributed by atoms with Crippen LogP contribution in [0.15, 0.2) is 88.4 Å². The van der Waals surface area contributed by atoms with Gasteiger partial charge in [0.2, 0.25) is 0 Å². The molecule has 0 amide bonds. The van der Waals surface area contributed by atoms with Crippen LogP contribution in [-0.4, -0.2) is 36.3 Å². The van der Waals surface area contributed by atoms with Gasteiger partial charge in [-0.2, -0.15) is 0 Å². The number of ether oxygens (including phenoxy) is 3.